The van der Waals surface area contributed by atoms with Gasteiger partial charge in [0.1, 0.15) is 0 Å². The van der Waals surface area contributed by atoms with Crippen molar-refractivity contribution in [3.63, 3.8) is 0 Å². The fraction of sp³-hybridized carbons (Fsp3) is 0.625. The van der Waals surface area contributed by atoms with Gasteiger partial charge in [-0.15, -0.1) is 0 Å². The number of hydrogen-bond donors (Lipinski definition) is 1. The van der Waals surface area contributed by atoms with Crippen molar-refractivity contribution in [2.24, 2.45) is 0 Å². The maximum Gasteiger partial charge on any atom is 0.0411 e. The monoisotopic (exact) mass is 244 g/mol. The van der Waals surface area contributed by atoms with Crippen LogP contribution in [-0.2, 0) is 6.54 Å². The largest absolute Gasteiger partial charge is 0.371 e. The van der Waals surface area contributed by atoms with Crippen molar-refractivity contribution in [3.8, 4) is 0 Å². The van der Waals surface area contributed by atoms with E-state index in [1.807, 2.05) is 0 Å². The van der Waals surface area contributed by atoms with E-state index in [0.717, 1.165) is 12.6 Å². The van der Waals surface area contributed by atoms with Crippen molar-refractivity contribution in [2.75, 3.05) is 18.0 Å². The molecular formula is C16H24N2. The molecule has 2 heteroatoms. The summed E-state index contributed by atoms with van der Waals surface area (Å²) in [5.74, 6) is 0. The molecule has 2 aliphatic rings. The summed E-state index contributed by atoms with van der Waals surface area (Å²) >= 11 is 0. The van der Waals surface area contributed by atoms with Gasteiger partial charge in [0.15, 0.2) is 0 Å². The van der Waals surface area contributed by atoms with Crippen LogP contribution in [0.4, 0.5) is 5.69 Å². The molecule has 1 aromatic rings. The summed E-state index contributed by atoms with van der Waals surface area (Å²) in [7, 11) is 0. The molecule has 1 aromatic carbocycles. The Hall–Kier alpha value is -1.02. The lowest BCUT2D eigenvalue weighted by Crippen LogP contribution is -2.27. The molecule has 0 radical (unpaired) electrons. The Balaban J connectivity index is 1.66. The van der Waals surface area contributed by atoms with Gasteiger partial charge < -0.3 is 10.2 Å². The Morgan fingerprint density at radius 1 is 1.00 bits per heavy atom. The molecule has 1 saturated heterocycles. The van der Waals surface area contributed by atoms with Crippen molar-refractivity contribution >= 4 is 5.69 Å². The van der Waals surface area contributed by atoms with Crippen LogP contribution in [0.15, 0.2) is 24.3 Å². The Kier molecular flexibility index (Phi) is 3.84. The van der Waals surface area contributed by atoms with Crippen molar-refractivity contribution < 1.29 is 0 Å². The van der Waals surface area contributed by atoms with E-state index in [0.29, 0.717) is 0 Å². The van der Waals surface area contributed by atoms with Gasteiger partial charge in [0.25, 0.3) is 0 Å². The van der Waals surface area contributed by atoms with Crippen molar-refractivity contribution in [1.82, 2.24) is 5.32 Å². The summed E-state index contributed by atoms with van der Waals surface area (Å²) < 4.78 is 0. The van der Waals surface area contributed by atoms with E-state index in [2.05, 4.69) is 34.5 Å². The molecule has 3 rings (SSSR count). The Morgan fingerprint density at radius 3 is 2.50 bits per heavy atom. The number of anilines is 1. The summed E-state index contributed by atoms with van der Waals surface area (Å²) in [4.78, 5) is 2.55. The first kappa shape index (κ1) is 12.0. The van der Waals surface area contributed by atoms with Gasteiger partial charge in [-0.05, 0) is 37.3 Å². The zero-order valence-corrected chi connectivity index (χ0v) is 11.2. The highest BCUT2D eigenvalue weighted by Crippen LogP contribution is 2.25. The number of nitrogens with one attached hydrogen (secondary N) is 1. The Labute approximate surface area is 110 Å². The zero-order valence-electron chi connectivity index (χ0n) is 11.2. The lowest BCUT2D eigenvalue weighted by molar-refractivity contribution is 0.524. The Bertz CT molecular complexity index is 376. The second-order valence-electron chi connectivity index (χ2n) is 5.69. The maximum atomic E-state index is 3.74. The molecule has 0 unspecified atom stereocenters. The average molecular weight is 244 g/mol. The van der Waals surface area contributed by atoms with E-state index in [1.165, 1.54) is 62.9 Å². The minimum atomic E-state index is 0.761. The van der Waals surface area contributed by atoms with Gasteiger partial charge in [-0.25, -0.2) is 0 Å². The summed E-state index contributed by atoms with van der Waals surface area (Å²) in [6.45, 7) is 3.51. The topological polar surface area (TPSA) is 15.3 Å². The molecule has 1 aliphatic carbocycles. The summed E-state index contributed by atoms with van der Waals surface area (Å²) in [5, 5.41) is 3.74. The second kappa shape index (κ2) is 5.75. The van der Waals surface area contributed by atoms with Gasteiger partial charge >= 0.3 is 0 Å². The third kappa shape index (κ3) is 2.69. The van der Waals surface area contributed by atoms with Crippen molar-refractivity contribution in [1.29, 1.82) is 0 Å². The van der Waals surface area contributed by atoms with E-state index >= 15 is 0 Å². The van der Waals surface area contributed by atoms with Gasteiger partial charge in [-0.1, -0.05) is 31.0 Å². The molecule has 1 aliphatic heterocycles. The molecule has 98 valence electrons. The molecule has 0 atom stereocenters. The molecule has 2 fully saturated rings. The molecule has 2 nitrogen and oxygen atoms in total. The quantitative estimate of drug-likeness (QED) is 0.874. The van der Waals surface area contributed by atoms with Crippen LogP contribution >= 0.6 is 0 Å². The molecule has 1 saturated carbocycles. The smallest absolute Gasteiger partial charge is 0.0411 e. The standard InChI is InChI=1S/C16H24N2/c1-4-10-16(18-11-5-6-12-18)14(7-1)13-17-15-8-2-3-9-15/h1,4,7,10,15,17H,2-3,5-6,8-9,11-13H2. The first-order valence-electron chi connectivity index (χ1n) is 7.50. The number of benzene rings is 1. The van der Waals surface area contributed by atoms with E-state index in [-0.39, 0.29) is 0 Å². The van der Waals surface area contributed by atoms with Crippen LogP contribution in [0.1, 0.15) is 44.1 Å². The van der Waals surface area contributed by atoms with Crippen LogP contribution in [0, 0.1) is 0 Å². The first-order valence-corrected chi connectivity index (χ1v) is 7.50. The van der Waals surface area contributed by atoms with Gasteiger partial charge in [0.2, 0.25) is 0 Å². The number of para-hydroxylation sites is 1. The van der Waals surface area contributed by atoms with E-state index < -0.39 is 0 Å². The van der Waals surface area contributed by atoms with Crippen molar-refractivity contribution in [2.45, 2.75) is 51.1 Å². The SMILES string of the molecule is c1ccc(N2CCCC2)c(CNC2CCCC2)c1. The molecule has 0 spiro atoms. The fourth-order valence-electron chi connectivity index (χ4n) is 3.31. The van der Waals surface area contributed by atoms with Crippen LogP contribution in [0.2, 0.25) is 0 Å². The summed E-state index contributed by atoms with van der Waals surface area (Å²) in [5.41, 5.74) is 2.94. The third-order valence-electron chi connectivity index (χ3n) is 4.37. The minimum absolute atomic E-state index is 0.761. The zero-order chi connectivity index (χ0) is 12.2. The highest BCUT2D eigenvalue weighted by atomic mass is 15.1. The highest BCUT2D eigenvalue weighted by molar-refractivity contribution is 5.54. The molecule has 1 heterocycles. The lowest BCUT2D eigenvalue weighted by Gasteiger charge is -2.22. The maximum absolute atomic E-state index is 3.74. The molecule has 0 bridgehead atoms. The molecule has 1 N–H and O–H groups in total. The summed E-state index contributed by atoms with van der Waals surface area (Å²) in [6.07, 6.45) is 8.25. The number of rotatable bonds is 4. The van der Waals surface area contributed by atoms with Gasteiger partial charge in [-0.2, -0.15) is 0 Å². The van der Waals surface area contributed by atoms with E-state index in [1.54, 1.807) is 0 Å². The molecular weight excluding hydrogens is 220 g/mol. The second-order valence-corrected chi connectivity index (χ2v) is 5.69. The Morgan fingerprint density at radius 2 is 1.72 bits per heavy atom. The van der Waals surface area contributed by atoms with Crippen LogP contribution < -0.4 is 10.2 Å². The number of hydrogen-bond acceptors (Lipinski definition) is 2. The van der Waals surface area contributed by atoms with Gasteiger partial charge in [0, 0.05) is 31.4 Å². The van der Waals surface area contributed by atoms with E-state index in [9.17, 15) is 0 Å². The fourth-order valence-corrected chi connectivity index (χ4v) is 3.31. The van der Waals surface area contributed by atoms with Crippen LogP contribution in [0.5, 0.6) is 0 Å². The predicted molar refractivity (Wildman–Crippen MR) is 77.0 cm³/mol. The predicted octanol–water partition coefficient (Wildman–Crippen LogP) is 3.32. The van der Waals surface area contributed by atoms with Gasteiger partial charge in [0.05, 0.1) is 0 Å². The van der Waals surface area contributed by atoms with Crippen molar-refractivity contribution in [3.05, 3.63) is 29.8 Å². The lowest BCUT2D eigenvalue weighted by atomic mass is 10.1. The third-order valence-corrected chi connectivity index (χ3v) is 4.37. The molecule has 0 amide bonds. The summed E-state index contributed by atoms with van der Waals surface area (Å²) in [6, 6.07) is 9.68. The minimum Gasteiger partial charge on any atom is -0.371 e. The highest BCUT2D eigenvalue weighted by Gasteiger charge is 2.17. The number of nitrogens with zero attached hydrogens (tertiary/aromatic N) is 1. The van der Waals surface area contributed by atoms with E-state index in [4.69, 9.17) is 0 Å². The normalized spacial score (nSPS) is 20.8. The average Bonchev–Trinajstić information content (AvgIpc) is 3.10. The van der Waals surface area contributed by atoms with Crippen LogP contribution in [0.3, 0.4) is 0 Å². The van der Waals surface area contributed by atoms with Crippen LogP contribution in [0.25, 0.3) is 0 Å². The first-order chi connectivity index (χ1) is 8.93. The van der Waals surface area contributed by atoms with Gasteiger partial charge in [-0.3, -0.25) is 0 Å². The molecule has 0 aromatic heterocycles. The van der Waals surface area contributed by atoms with Crippen LogP contribution in [-0.4, -0.2) is 19.1 Å². The molecule has 18 heavy (non-hydrogen) atoms.